The van der Waals surface area contributed by atoms with Crippen LogP contribution in [-0.2, 0) is 10.0 Å². The van der Waals surface area contributed by atoms with Gasteiger partial charge in [-0.25, -0.2) is 8.42 Å². The van der Waals surface area contributed by atoms with Crippen LogP contribution in [0.15, 0.2) is 29.2 Å². The Hall–Kier alpha value is -0.950. The van der Waals surface area contributed by atoms with Crippen LogP contribution in [0.5, 0.6) is 0 Å². The van der Waals surface area contributed by atoms with E-state index in [4.69, 9.17) is 0 Å². The Kier molecular flexibility index (Phi) is 4.41. The molecule has 1 saturated carbocycles. The standard InChI is InChI=1S/C18H27N3O2S/c1-15-2-6-18(7-3-15)24(22,23)21-9-8-17(14-21)20-12-10-19(11-13-20)16-4-5-16/h2-3,6-7,16-17H,4-5,8-14H2,1H3/t17-/m1/s1. The Morgan fingerprint density at radius 1 is 0.833 bits per heavy atom. The molecule has 1 atom stereocenters. The van der Waals surface area contributed by atoms with Crippen LogP contribution in [0, 0.1) is 6.92 Å². The van der Waals surface area contributed by atoms with Crippen LogP contribution in [0.4, 0.5) is 0 Å². The van der Waals surface area contributed by atoms with Crippen molar-refractivity contribution in [1.29, 1.82) is 0 Å². The lowest BCUT2D eigenvalue weighted by Gasteiger charge is -2.38. The lowest BCUT2D eigenvalue weighted by molar-refractivity contribution is 0.0959. The average Bonchev–Trinajstić information content (AvgIpc) is 3.31. The van der Waals surface area contributed by atoms with Crippen LogP contribution in [0.25, 0.3) is 0 Å². The second-order valence-corrected chi connectivity index (χ2v) is 9.36. The first-order chi connectivity index (χ1) is 11.5. The van der Waals surface area contributed by atoms with Crippen LogP contribution < -0.4 is 0 Å². The zero-order chi connectivity index (χ0) is 16.7. The third-order valence-corrected chi connectivity index (χ3v) is 7.59. The fourth-order valence-corrected chi connectivity index (χ4v) is 5.49. The molecule has 4 rings (SSSR count). The van der Waals surface area contributed by atoms with Gasteiger partial charge in [-0.2, -0.15) is 4.31 Å². The summed E-state index contributed by atoms with van der Waals surface area (Å²) in [6, 6.07) is 8.43. The predicted molar refractivity (Wildman–Crippen MR) is 94.5 cm³/mol. The van der Waals surface area contributed by atoms with E-state index in [0.717, 1.165) is 44.2 Å². The molecule has 0 amide bonds. The number of benzene rings is 1. The molecule has 24 heavy (non-hydrogen) atoms. The molecule has 5 nitrogen and oxygen atoms in total. The molecular weight excluding hydrogens is 322 g/mol. The predicted octanol–water partition coefficient (Wildman–Crippen LogP) is 1.54. The first-order valence-electron chi connectivity index (χ1n) is 9.09. The van der Waals surface area contributed by atoms with Gasteiger partial charge >= 0.3 is 0 Å². The minimum atomic E-state index is -3.35. The minimum absolute atomic E-state index is 0.381. The van der Waals surface area contributed by atoms with Gasteiger partial charge in [-0.3, -0.25) is 9.80 Å². The first-order valence-corrected chi connectivity index (χ1v) is 10.5. The van der Waals surface area contributed by atoms with Gasteiger partial charge in [0, 0.05) is 51.4 Å². The lowest BCUT2D eigenvalue weighted by atomic mass is 10.2. The number of aryl methyl sites for hydroxylation is 1. The Labute approximate surface area is 145 Å². The number of nitrogens with zero attached hydrogens (tertiary/aromatic N) is 3. The maximum absolute atomic E-state index is 12.8. The highest BCUT2D eigenvalue weighted by atomic mass is 32.2. The highest BCUT2D eigenvalue weighted by Crippen LogP contribution is 2.29. The van der Waals surface area contributed by atoms with Crippen LogP contribution in [0.2, 0.25) is 0 Å². The van der Waals surface area contributed by atoms with Crippen molar-refractivity contribution in [3.63, 3.8) is 0 Å². The number of sulfonamides is 1. The highest BCUT2D eigenvalue weighted by molar-refractivity contribution is 7.89. The molecule has 2 saturated heterocycles. The molecule has 0 radical (unpaired) electrons. The van der Waals surface area contributed by atoms with Gasteiger partial charge < -0.3 is 0 Å². The molecule has 3 aliphatic rings. The van der Waals surface area contributed by atoms with E-state index in [0.29, 0.717) is 24.0 Å². The molecule has 0 bridgehead atoms. The molecule has 0 unspecified atom stereocenters. The van der Waals surface area contributed by atoms with Crippen LogP contribution in [0.3, 0.4) is 0 Å². The Morgan fingerprint density at radius 3 is 2.00 bits per heavy atom. The third kappa shape index (κ3) is 3.25. The van der Waals surface area contributed by atoms with Gasteiger partial charge in [-0.1, -0.05) is 17.7 Å². The van der Waals surface area contributed by atoms with E-state index >= 15 is 0 Å². The fraction of sp³-hybridized carbons (Fsp3) is 0.667. The molecule has 6 heteroatoms. The van der Waals surface area contributed by atoms with E-state index in [1.165, 1.54) is 12.8 Å². The Bertz CT molecular complexity index is 677. The molecule has 0 spiro atoms. The Morgan fingerprint density at radius 2 is 1.42 bits per heavy atom. The zero-order valence-electron chi connectivity index (χ0n) is 14.4. The first kappa shape index (κ1) is 16.5. The molecule has 3 fully saturated rings. The fourth-order valence-electron chi connectivity index (χ4n) is 3.99. The monoisotopic (exact) mass is 349 g/mol. The molecule has 1 aromatic rings. The van der Waals surface area contributed by atoms with Gasteiger partial charge in [-0.05, 0) is 38.3 Å². The summed E-state index contributed by atoms with van der Waals surface area (Å²) < 4.78 is 27.3. The van der Waals surface area contributed by atoms with Gasteiger partial charge in [0.25, 0.3) is 0 Å². The minimum Gasteiger partial charge on any atom is -0.298 e. The molecule has 0 N–H and O–H groups in total. The second kappa shape index (κ2) is 6.41. The highest BCUT2D eigenvalue weighted by Gasteiger charge is 2.38. The van der Waals surface area contributed by atoms with E-state index < -0.39 is 10.0 Å². The number of rotatable bonds is 4. The van der Waals surface area contributed by atoms with Gasteiger partial charge in [0.2, 0.25) is 10.0 Å². The smallest absolute Gasteiger partial charge is 0.243 e. The van der Waals surface area contributed by atoms with Crippen molar-refractivity contribution in [3.05, 3.63) is 29.8 Å². The van der Waals surface area contributed by atoms with E-state index in [2.05, 4.69) is 9.80 Å². The van der Waals surface area contributed by atoms with E-state index in [-0.39, 0.29) is 0 Å². The lowest BCUT2D eigenvalue weighted by Crippen LogP contribution is -2.51. The molecule has 0 aromatic heterocycles. The normalized spacial score (nSPS) is 27.6. The zero-order valence-corrected chi connectivity index (χ0v) is 15.2. The second-order valence-electron chi connectivity index (χ2n) is 7.42. The van der Waals surface area contributed by atoms with Crippen LogP contribution >= 0.6 is 0 Å². The van der Waals surface area contributed by atoms with Crippen molar-refractivity contribution in [3.8, 4) is 0 Å². The largest absolute Gasteiger partial charge is 0.298 e. The maximum atomic E-state index is 12.8. The van der Waals surface area contributed by atoms with Crippen molar-refractivity contribution in [1.82, 2.24) is 14.1 Å². The molecule has 132 valence electrons. The summed E-state index contributed by atoms with van der Waals surface area (Å²) in [6.45, 7) is 7.71. The summed E-state index contributed by atoms with van der Waals surface area (Å²) in [5.74, 6) is 0. The molecule has 1 aromatic carbocycles. The van der Waals surface area contributed by atoms with Crippen molar-refractivity contribution in [2.45, 2.75) is 43.2 Å². The number of piperazine rings is 1. The van der Waals surface area contributed by atoms with E-state index in [1.54, 1.807) is 16.4 Å². The van der Waals surface area contributed by atoms with Gasteiger partial charge in [0.1, 0.15) is 0 Å². The van der Waals surface area contributed by atoms with E-state index in [1.807, 2.05) is 19.1 Å². The van der Waals surface area contributed by atoms with Crippen LogP contribution in [0.1, 0.15) is 24.8 Å². The van der Waals surface area contributed by atoms with Crippen molar-refractivity contribution in [2.24, 2.45) is 0 Å². The summed E-state index contributed by atoms with van der Waals surface area (Å²) in [4.78, 5) is 5.53. The van der Waals surface area contributed by atoms with Crippen molar-refractivity contribution >= 4 is 10.0 Å². The third-order valence-electron chi connectivity index (χ3n) is 5.71. The SMILES string of the molecule is Cc1ccc(S(=O)(=O)N2CC[C@@H](N3CCN(C4CC4)CC3)C2)cc1. The summed E-state index contributed by atoms with van der Waals surface area (Å²) in [7, 11) is -3.35. The van der Waals surface area contributed by atoms with E-state index in [9.17, 15) is 8.42 Å². The summed E-state index contributed by atoms with van der Waals surface area (Å²) >= 11 is 0. The number of hydrogen-bond donors (Lipinski definition) is 0. The summed E-state index contributed by atoms with van der Waals surface area (Å²) in [5, 5.41) is 0. The van der Waals surface area contributed by atoms with Gasteiger partial charge in [0.05, 0.1) is 4.90 Å². The molecule has 2 heterocycles. The van der Waals surface area contributed by atoms with Gasteiger partial charge in [0.15, 0.2) is 0 Å². The van der Waals surface area contributed by atoms with Crippen molar-refractivity contribution < 1.29 is 8.42 Å². The number of hydrogen-bond acceptors (Lipinski definition) is 4. The molecule has 1 aliphatic carbocycles. The summed E-state index contributed by atoms with van der Waals surface area (Å²) in [5.41, 5.74) is 1.08. The van der Waals surface area contributed by atoms with Crippen molar-refractivity contribution in [2.75, 3.05) is 39.3 Å². The Balaban J connectivity index is 1.38. The maximum Gasteiger partial charge on any atom is 0.243 e. The topological polar surface area (TPSA) is 43.9 Å². The van der Waals surface area contributed by atoms with Gasteiger partial charge in [-0.15, -0.1) is 0 Å². The average molecular weight is 350 g/mol. The molecular formula is C18H27N3O2S. The quantitative estimate of drug-likeness (QED) is 0.827. The molecule has 2 aliphatic heterocycles. The summed E-state index contributed by atoms with van der Waals surface area (Å²) in [6.07, 6.45) is 3.69. The van der Waals surface area contributed by atoms with Crippen LogP contribution in [-0.4, -0.2) is 73.9 Å².